The Labute approximate surface area is 156 Å². The number of ether oxygens (including phenoxy) is 1. The molecule has 142 valence electrons. The Morgan fingerprint density at radius 2 is 1.74 bits per heavy atom. The lowest BCUT2D eigenvalue weighted by atomic mass is 10.2. The van der Waals surface area contributed by atoms with E-state index in [1.165, 1.54) is 13.4 Å². The molecule has 8 nitrogen and oxygen atoms in total. The van der Waals surface area contributed by atoms with Gasteiger partial charge in [-0.3, -0.25) is 14.4 Å². The number of rotatable bonds is 5. The Hall–Kier alpha value is -3.29. The van der Waals surface area contributed by atoms with Gasteiger partial charge in [-0.15, -0.1) is 0 Å². The summed E-state index contributed by atoms with van der Waals surface area (Å²) >= 11 is 0. The van der Waals surface area contributed by atoms with Crippen LogP contribution in [-0.2, 0) is 9.59 Å². The maximum absolute atomic E-state index is 12.4. The van der Waals surface area contributed by atoms with Gasteiger partial charge in [-0.2, -0.15) is 0 Å². The molecule has 1 fully saturated rings. The van der Waals surface area contributed by atoms with Crippen molar-refractivity contribution in [2.45, 2.75) is 6.42 Å². The standard InChI is InChI=1S/C19H21N3O5/c1-26-15-6-3-2-5-14(15)20-17(23)13-18(24)21-8-10-22(11-9-21)19(25)16-7-4-12-27-16/h2-7,12H,8-11,13H2,1H3,(H,20,23). The molecule has 1 aromatic heterocycles. The van der Waals surface area contributed by atoms with Gasteiger partial charge in [0.2, 0.25) is 11.8 Å². The fourth-order valence-electron chi connectivity index (χ4n) is 2.91. The summed E-state index contributed by atoms with van der Waals surface area (Å²) in [6, 6.07) is 10.3. The smallest absolute Gasteiger partial charge is 0.289 e. The Bertz CT molecular complexity index is 811. The first-order valence-corrected chi connectivity index (χ1v) is 8.62. The van der Waals surface area contributed by atoms with E-state index in [1.807, 2.05) is 0 Å². The number of amides is 3. The number of benzene rings is 1. The highest BCUT2D eigenvalue weighted by Gasteiger charge is 2.27. The van der Waals surface area contributed by atoms with Gasteiger partial charge < -0.3 is 24.3 Å². The second-order valence-electron chi connectivity index (χ2n) is 6.08. The molecule has 0 spiro atoms. The molecule has 8 heteroatoms. The van der Waals surface area contributed by atoms with Crippen LogP contribution in [0.3, 0.4) is 0 Å². The number of hydrogen-bond acceptors (Lipinski definition) is 5. The van der Waals surface area contributed by atoms with Crippen LogP contribution in [0, 0.1) is 0 Å². The minimum absolute atomic E-state index is 0.194. The molecular weight excluding hydrogens is 350 g/mol. The van der Waals surface area contributed by atoms with Crippen molar-refractivity contribution in [2.24, 2.45) is 0 Å². The zero-order valence-corrected chi connectivity index (χ0v) is 15.0. The van der Waals surface area contributed by atoms with Gasteiger partial charge >= 0.3 is 0 Å². The van der Waals surface area contributed by atoms with Crippen LogP contribution < -0.4 is 10.1 Å². The van der Waals surface area contributed by atoms with E-state index in [0.29, 0.717) is 37.6 Å². The summed E-state index contributed by atoms with van der Waals surface area (Å²) in [5, 5.41) is 2.69. The lowest BCUT2D eigenvalue weighted by Crippen LogP contribution is -2.51. The predicted octanol–water partition coefficient (Wildman–Crippen LogP) is 1.60. The molecule has 0 atom stereocenters. The molecule has 0 aliphatic carbocycles. The van der Waals surface area contributed by atoms with Gasteiger partial charge in [-0.25, -0.2) is 0 Å². The molecule has 3 rings (SSSR count). The summed E-state index contributed by atoms with van der Waals surface area (Å²) in [6.07, 6.45) is 1.19. The van der Waals surface area contributed by atoms with Crippen molar-refractivity contribution in [1.82, 2.24) is 9.80 Å². The Morgan fingerprint density at radius 1 is 1.04 bits per heavy atom. The zero-order valence-electron chi connectivity index (χ0n) is 15.0. The number of nitrogens with one attached hydrogen (secondary N) is 1. The molecule has 0 unspecified atom stereocenters. The van der Waals surface area contributed by atoms with Crippen molar-refractivity contribution in [3.8, 4) is 5.75 Å². The molecule has 1 N–H and O–H groups in total. The van der Waals surface area contributed by atoms with Gasteiger partial charge in [-0.05, 0) is 24.3 Å². The van der Waals surface area contributed by atoms with Crippen LogP contribution in [0.15, 0.2) is 47.1 Å². The normalized spacial score (nSPS) is 14.0. The third kappa shape index (κ3) is 4.46. The molecule has 0 bridgehead atoms. The first-order chi connectivity index (χ1) is 13.1. The number of furan rings is 1. The van der Waals surface area contributed by atoms with E-state index in [1.54, 1.807) is 46.2 Å². The number of carbonyl (C=O) groups excluding carboxylic acids is 3. The van der Waals surface area contributed by atoms with Crippen molar-refractivity contribution in [3.63, 3.8) is 0 Å². The third-order valence-electron chi connectivity index (χ3n) is 4.34. The van der Waals surface area contributed by atoms with Crippen molar-refractivity contribution in [3.05, 3.63) is 48.4 Å². The monoisotopic (exact) mass is 371 g/mol. The molecule has 1 saturated heterocycles. The van der Waals surface area contributed by atoms with Crippen LogP contribution in [0.4, 0.5) is 5.69 Å². The predicted molar refractivity (Wildman–Crippen MR) is 97.4 cm³/mol. The van der Waals surface area contributed by atoms with Gasteiger partial charge in [0.05, 0.1) is 19.1 Å². The molecule has 1 aromatic carbocycles. The number of piperazine rings is 1. The Morgan fingerprint density at radius 3 is 2.41 bits per heavy atom. The molecule has 2 aromatic rings. The lowest BCUT2D eigenvalue weighted by Gasteiger charge is -2.34. The lowest BCUT2D eigenvalue weighted by molar-refractivity contribution is -0.135. The number of anilines is 1. The molecule has 2 heterocycles. The second kappa shape index (κ2) is 8.39. The van der Waals surface area contributed by atoms with Gasteiger partial charge in [0.1, 0.15) is 12.2 Å². The topological polar surface area (TPSA) is 92.1 Å². The number of hydrogen-bond donors (Lipinski definition) is 1. The van der Waals surface area contributed by atoms with Crippen LogP contribution in [0.5, 0.6) is 5.75 Å². The van der Waals surface area contributed by atoms with E-state index in [4.69, 9.17) is 9.15 Å². The van der Waals surface area contributed by atoms with E-state index in [0.717, 1.165) is 0 Å². The van der Waals surface area contributed by atoms with Gasteiger partial charge in [-0.1, -0.05) is 12.1 Å². The summed E-state index contributed by atoms with van der Waals surface area (Å²) in [5.41, 5.74) is 0.520. The van der Waals surface area contributed by atoms with Crippen molar-refractivity contribution < 1.29 is 23.5 Å². The summed E-state index contributed by atoms with van der Waals surface area (Å²) in [6.45, 7) is 1.57. The summed E-state index contributed by atoms with van der Waals surface area (Å²) in [7, 11) is 1.51. The number of methoxy groups -OCH3 is 1. The molecule has 27 heavy (non-hydrogen) atoms. The van der Waals surface area contributed by atoms with Crippen LogP contribution >= 0.6 is 0 Å². The highest BCUT2D eigenvalue weighted by atomic mass is 16.5. The number of nitrogens with zero attached hydrogens (tertiary/aromatic N) is 2. The van der Waals surface area contributed by atoms with E-state index in [9.17, 15) is 14.4 Å². The van der Waals surface area contributed by atoms with Crippen LogP contribution in [0.2, 0.25) is 0 Å². The minimum Gasteiger partial charge on any atom is -0.495 e. The maximum Gasteiger partial charge on any atom is 0.289 e. The van der Waals surface area contributed by atoms with E-state index >= 15 is 0 Å². The van der Waals surface area contributed by atoms with Gasteiger partial charge in [0.25, 0.3) is 5.91 Å². The fourth-order valence-corrected chi connectivity index (χ4v) is 2.91. The first-order valence-electron chi connectivity index (χ1n) is 8.62. The third-order valence-corrected chi connectivity index (χ3v) is 4.34. The number of para-hydroxylation sites is 2. The van der Waals surface area contributed by atoms with Crippen LogP contribution in [-0.4, -0.2) is 60.8 Å². The first kappa shape index (κ1) is 18.5. The zero-order chi connectivity index (χ0) is 19.2. The Kier molecular flexibility index (Phi) is 5.75. The quantitative estimate of drug-likeness (QED) is 0.806. The Balaban J connectivity index is 1.49. The van der Waals surface area contributed by atoms with Crippen molar-refractivity contribution in [2.75, 3.05) is 38.6 Å². The van der Waals surface area contributed by atoms with Crippen LogP contribution in [0.1, 0.15) is 17.0 Å². The van der Waals surface area contributed by atoms with Crippen molar-refractivity contribution in [1.29, 1.82) is 0 Å². The largest absolute Gasteiger partial charge is 0.495 e. The number of carbonyl (C=O) groups is 3. The highest BCUT2D eigenvalue weighted by molar-refractivity contribution is 6.04. The average Bonchev–Trinajstić information content (AvgIpc) is 3.22. The fraction of sp³-hybridized carbons (Fsp3) is 0.316. The molecule has 3 amide bonds. The highest BCUT2D eigenvalue weighted by Crippen LogP contribution is 2.23. The summed E-state index contributed by atoms with van der Waals surface area (Å²) < 4.78 is 10.3. The van der Waals surface area contributed by atoms with Crippen LogP contribution in [0.25, 0.3) is 0 Å². The summed E-state index contributed by atoms with van der Waals surface area (Å²) in [4.78, 5) is 40.0. The molecule has 1 aliphatic heterocycles. The van der Waals surface area contributed by atoms with Gasteiger partial charge in [0.15, 0.2) is 5.76 Å². The average molecular weight is 371 g/mol. The van der Waals surface area contributed by atoms with Gasteiger partial charge in [0, 0.05) is 26.2 Å². The summed E-state index contributed by atoms with van der Waals surface area (Å²) in [5.74, 6) is -0.0542. The molecule has 1 aliphatic rings. The van der Waals surface area contributed by atoms with E-state index < -0.39 is 5.91 Å². The molecule has 0 radical (unpaired) electrons. The SMILES string of the molecule is COc1ccccc1NC(=O)CC(=O)N1CCN(C(=O)c2ccco2)CC1. The van der Waals surface area contributed by atoms with E-state index in [-0.39, 0.29) is 24.0 Å². The van der Waals surface area contributed by atoms with Crippen molar-refractivity contribution >= 4 is 23.4 Å². The molecular formula is C19H21N3O5. The minimum atomic E-state index is -0.404. The second-order valence-corrected chi connectivity index (χ2v) is 6.08. The maximum atomic E-state index is 12.4. The molecule has 0 saturated carbocycles. The van der Waals surface area contributed by atoms with E-state index in [2.05, 4.69) is 5.32 Å².